The summed E-state index contributed by atoms with van der Waals surface area (Å²) < 4.78 is 9.26. The Morgan fingerprint density at radius 2 is 1.87 bits per heavy atom. The standard InChI is InChI=1S/C6H8O2.C5H6O2/c1-4-3-5(2)8-6(4)7;1-4-2-3-7-5(4)6/h5H,1,3H2,2H3;1-3H2. The largest absolute Gasteiger partial charge is 0.462 e. The highest BCUT2D eigenvalue weighted by Crippen LogP contribution is 2.16. The topological polar surface area (TPSA) is 52.6 Å². The normalized spacial score (nSPS) is 24.5. The van der Waals surface area contributed by atoms with Gasteiger partial charge in [0, 0.05) is 24.0 Å². The van der Waals surface area contributed by atoms with Crippen LogP contribution >= 0.6 is 0 Å². The summed E-state index contributed by atoms with van der Waals surface area (Å²) in [5.41, 5.74) is 1.19. The number of ether oxygens (including phenoxy) is 2. The molecular formula is C11H14O4. The van der Waals surface area contributed by atoms with Crippen LogP contribution in [0.5, 0.6) is 0 Å². The molecule has 1 unspecified atom stereocenters. The van der Waals surface area contributed by atoms with Crippen molar-refractivity contribution in [2.75, 3.05) is 6.61 Å². The van der Waals surface area contributed by atoms with E-state index in [4.69, 9.17) is 4.74 Å². The van der Waals surface area contributed by atoms with Crippen molar-refractivity contribution in [1.82, 2.24) is 0 Å². The van der Waals surface area contributed by atoms with Gasteiger partial charge in [-0.25, -0.2) is 9.59 Å². The lowest BCUT2D eigenvalue weighted by Gasteiger charge is -1.94. The summed E-state index contributed by atoms with van der Waals surface area (Å²) in [5.74, 6) is -0.475. The van der Waals surface area contributed by atoms with E-state index in [1.807, 2.05) is 6.92 Å². The second-order valence-electron chi connectivity index (χ2n) is 3.51. The Morgan fingerprint density at radius 3 is 2.00 bits per heavy atom. The van der Waals surface area contributed by atoms with Crippen LogP contribution in [-0.2, 0) is 19.1 Å². The van der Waals surface area contributed by atoms with E-state index in [9.17, 15) is 9.59 Å². The van der Waals surface area contributed by atoms with Crippen LogP contribution in [0.15, 0.2) is 24.3 Å². The van der Waals surface area contributed by atoms with Crippen LogP contribution in [0, 0.1) is 0 Å². The van der Waals surface area contributed by atoms with Crippen LogP contribution in [0.3, 0.4) is 0 Å². The Hall–Kier alpha value is -1.58. The fourth-order valence-corrected chi connectivity index (χ4v) is 1.21. The van der Waals surface area contributed by atoms with Crippen molar-refractivity contribution >= 4 is 11.9 Å². The maximum absolute atomic E-state index is 10.5. The molecule has 0 aliphatic carbocycles. The van der Waals surface area contributed by atoms with Crippen molar-refractivity contribution < 1.29 is 19.1 Å². The number of esters is 2. The summed E-state index contributed by atoms with van der Waals surface area (Å²) >= 11 is 0. The minimum absolute atomic E-state index is 0.0509. The van der Waals surface area contributed by atoms with E-state index in [1.54, 1.807) is 0 Å². The molecule has 15 heavy (non-hydrogen) atoms. The van der Waals surface area contributed by atoms with E-state index < -0.39 is 0 Å². The molecule has 2 saturated heterocycles. The van der Waals surface area contributed by atoms with Crippen molar-refractivity contribution in [3.8, 4) is 0 Å². The predicted molar refractivity (Wildman–Crippen MR) is 54.0 cm³/mol. The maximum atomic E-state index is 10.5. The number of hydrogen-bond donors (Lipinski definition) is 0. The van der Waals surface area contributed by atoms with Gasteiger partial charge in [-0.3, -0.25) is 0 Å². The third-order valence-electron chi connectivity index (χ3n) is 2.06. The van der Waals surface area contributed by atoms with Crippen molar-refractivity contribution in [1.29, 1.82) is 0 Å². The molecule has 2 fully saturated rings. The number of cyclic esters (lactones) is 2. The molecule has 4 nitrogen and oxygen atoms in total. The van der Waals surface area contributed by atoms with E-state index in [0.717, 1.165) is 0 Å². The predicted octanol–water partition coefficient (Wildman–Crippen LogP) is 1.37. The fraction of sp³-hybridized carbons (Fsp3) is 0.455. The molecule has 1 atom stereocenters. The molecule has 2 heterocycles. The van der Waals surface area contributed by atoms with Gasteiger partial charge in [0.2, 0.25) is 0 Å². The van der Waals surface area contributed by atoms with Crippen molar-refractivity contribution in [3.05, 3.63) is 24.3 Å². The highest BCUT2D eigenvalue weighted by atomic mass is 16.5. The zero-order valence-corrected chi connectivity index (χ0v) is 8.75. The molecule has 2 aliphatic heterocycles. The Bertz CT molecular complexity index is 287. The monoisotopic (exact) mass is 210 g/mol. The lowest BCUT2D eigenvalue weighted by Crippen LogP contribution is -1.99. The third kappa shape index (κ3) is 3.23. The molecule has 0 saturated carbocycles. The number of carbonyl (C=O) groups excluding carboxylic acids is 2. The summed E-state index contributed by atoms with van der Waals surface area (Å²) in [6, 6.07) is 0. The first-order chi connectivity index (χ1) is 7.00. The Labute approximate surface area is 88.6 Å². The van der Waals surface area contributed by atoms with Crippen molar-refractivity contribution in [3.63, 3.8) is 0 Å². The summed E-state index contributed by atoms with van der Waals surface area (Å²) in [4.78, 5) is 20.7. The van der Waals surface area contributed by atoms with Gasteiger partial charge in [0.1, 0.15) is 6.10 Å². The molecular weight excluding hydrogens is 196 g/mol. The van der Waals surface area contributed by atoms with Crippen molar-refractivity contribution in [2.45, 2.75) is 25.9 Å². The van der Waals surface area contributed by atoms with Gasteiger partial charge in [0.05, 0.1) is 6.61 Å². The van der Waals surface area contributed by atoms with Crippen LogP contribution in [0.2, 0.25) is 0 Å². The first-order valence-corrected chi connectivity index (χ1v) is 4.74. The third-order valence-corrected chi connectivity index (χ3v) is 2.06. The summed E-state index contributed by atoms with van der Waals surface area (Å²) in [6.45, 7) is 9.35. The Balaban J connectivity index is 0.000000151. The van der Waals surface area contributed by atoms with Crippen LogP contribution in [0.1, 0.15) is 19.8 Å². The molecule has 2 aliphatic rings. The first kappa shape index (κ1) is 11.5. The van der Waals surface area contributed by atoms with E-state index >= 15 is 0 Å². The molecule has 0 aromatic carbocycles. The van der Waals surface area contributed by atoms with E-state index in [-0.39, 0.29) is 18.0 Å². The molecule has 0 radical (unpaired) electrons. The van der Waals surface area contributed by atoms with Crippen LogP contribution in [0.4, 0.5) is 0 Å². The lowest BCUT2D eigenvalue weighted by atomic mass is 10.2. The molecule has 2 rings (SSSR count). The number of rotatable bonds is 0. The lowest BCUT2D eigenvalue weighted by molar-refractivity contribution is -0.138. The molecule has 0 spiro atoms. The van der Waals surface area contributed by atoms with E-state index in [2.05, 4.69) is 17.9 Å². The zero-order chi connectivity index (χ0) is 11.4. The SMILES string of the molecule is C=C1CC(C)OC1=O.C=C1CCOC1=O. The van der Waals surface area contributed by atoms with Gasteiger partial charge in [0.15, 0.2) is 0 Å². The quantitative estimate of drug-likeness (QED) is 0.447. The van der Waals surface area contributed by atoms with Crippen LogP contribution in [0.25, 0.3) is 0 Å². The van der Waals surface area contributed by atoms with Gasteiger partial charge < -0.3 is 9.47 Å². The summed E-state index contributed by atoms with van der Waals surface area (Å²) in [7, 11) is 0. The van der Waals surface area contributed by atoms with E-state index in [1.165, 1.54) is 0 Å². The van der Waals surface area contributed by atoms with E-state index in [0.29, 0.717) is 30.6 Å². The summed E-state index contributed by atoms with van der Waals surface area (Å²) in [6.07, 6.45) is 1.45. The van der Waals surface area contributed by atoms with Gasteiger partial charge >= 0.3 is 11.9 Å². The average Bonchev–Trinajstić information content (AvgIpc) is 2.63. The molecule has 0 N–H and O–H groups in total. The highest BCUT2D eigenvalue weighted by Gasteiger charge is 2.22. The van der Waals surface area contributed by atoms with Crippen LogP contribution < -0.4 is 0 Å². The molecule has 0 bridgehead atoms. The van der Waals surface area contributed by atoms with Gasteiger partial charge in [-0.2, -0.15) is 0 Å². The van der Waals surface area contributed by atoms with Gasteiger partial charge in [-0.05, 0) is 6.92 Å². The number of carbonyl (C=O) groups is 2. The minimum Gasteiger partial charge on any atom is -0.462 e. The zero-order valence-electron chi connectivity index (χ0n) is 8.75. The number of hydrogen-bond acceptors (Lipinski definition) is 4. The van der Waals surface area contributed by atoms with Gasteiger partial charge in [0.25, 0.3) is 0 Å². The Kier molecular flexibility index (Phi) is 3.66. The van der Waals surface area contributed by atoms with Crippen LogP contribution in [-0.4, -0.2) is 24.6 Å². The molecule has 82 valence electrons. The Morgan fingerprint density at radius 1 is 1.20 bits per heavy atom. The molecule has 4 heteroatoms. The second kappa shape index (κ2) is 4.77. The summed E-state index contributed by atoms with van der Waals surface area (Å²) in [5, 5.41) is 0. The average molecular weight is 210 g/mol. The fourth-order valence-electron chi connectivity index (χ4n) is 1.21. The first-order valence-electron chi connectivity index (χ1n) is 4.74. The van der Waals surface area contributed by atoms with Gasteiger partial charge in [-0.15, -0.1) is 0 Å². The van der Waals surface area contributed by atoms with Crippen molar-refractivity contribution in [2.24, 2.45) is 0 Å². The molecule has 0 aromatic rings. The minimum atomic E-state index is -0.238. The molecule has 0 aromatic heterocycles. The highest BCUT2D eigenvalue weighted by molar-refractivity contribution is 5.90. The maximum Gasteiger partial charge on any atom is 0.333 e. The smallest absolute Gasteiger partial charge is 0.333 e. The second-order valence-corrected chi connectivity index (χ2v) is 3.51. The van der Waals surface area contributed by atoms with Gasteiger partial charge in [-0.1, -0.05) is 13.2 Å². The molecule has 0 amide bonds.